The molecular weight excluding hydrogens is 496 g/mol. The summed E-state index contributed by atoms with van der Waals surface area (Å²) in [5.74, 6) is -0.150. The number of nitrogens with one attached hydrogen (secondary N) is 1. The third kappa shape index (κ3) is 5.20. The van der Waals surface area contributed by atoms with Crippen LogP contribution in [0.3, 0.4) is 0 Å². The van der Waals surface area contributed by atoms with Crippen LogP contribution in [0, 0.1) is 5.41 Å². The Morgan fingerprint density at radius 3 is 2.19 bits per heavy atom. The topological polar surface area (TPSA) is 103 Å². The van der Waals surface area contributed by atoms with Crippen molar-refractivity contribution >= 4 is 60.5 Å². The number of carbonyl (C=O) groups is 1. The van der Waals surface area contributed by atoms with Gasteiger partial charge >= 0.3 is 10.3 Å². The summed E-state index contributed by atoms with van der Waals surface area (Å²) < 4.78 is 36.6. The first-order valence-corrected chi connectivity index (χ1v) is 13.5. The van der Waals surface area contributed by atoms with E-state index in [-0.39, 0.29) is 11.6 Å². The maximum absolute atomic E-state index is 12.7. The zero-order chi connectivity index (χ0) is 26.3. The summed E-state index contributed by atoms with van der Waals surface area (Å²) in [7, 11) is -0.848. The Bertz CT molecular complexity index is 1540. The lowest BCUT2D eigenvalue weighted by Gasteiger charge is -2.24. The molecule has 0 bridgehead atoms. The molecule has 8 nitrogen and oxygen atoms in total. The molecule has 36 heavy (non-hydrogen) atoms. The number of nitrogens with zero attached hydrogens (tertiary/aromatic N) is 3. The summed E-state index contributed by atoms with van der Waals surface area (Å²) in [6, 6.07) is 17.7. The van der Waals surface area contributed by atoms with Crippen LogP contribution in [-0.4, -0.2) is 38.0 Å². The third-order valence-electron chi connectivity index (χ3n) is 5.59. The normalized spacial score (nSPS) is 11.9. The molecule has 10 heteroatoms. The summed E-state index contributed by atoms with van der Waals surface area (Å²) >= 11 is 1.28. The second-order valence-electron chi connectivity index (χ2n) is 9.58. The molecule has 0 saturated carbocycles. The van der Waals surface area contributed by atoms with Gasteiger partial charge in [-0.25, -0.2) is 9.29 Å². The molecule has 3 aromatic carbocycles. The number of rotatable bonds is 6. The zero-order valence-corrected chi connectivity index (χ0v) is 22.3. The monoisotopic (exact) mass is 524 g/mol. The fraction of sp³-hybridized carbons (Fsp3) is 0.231. The van der Waals surface area contributed by atoms with E-state index >= 15 is 0 Å². The number of benzene rings is 3. The minimum absolute atomic E-state index is 0.150. The number of anilines is 4. The zero-order valence-electron chi connectivity index (χ0n) is 20.7. The van der Waals surface area contributed by atoms with Crippen molar-refractivity contribution in [3.8, 4) is 11.3 Å². The molecule has 0 unspecified atom stereocenters. The number of amides is 1. The molecule has 0 aliphatic carbocycles. The number of thiazole rings is 1. The second-order valence-corrected chi connectivity index (χ2v) is 11.7. The quantitative estimate of drug-likeness (QED) is 0.302. The van der Waals surface area contributed by atoms with Crippen molar-refractivity contribution < 1.29 is 17.8 Å². The largest absolute Gasteiger partial charge is 0.377 e. The first-order valence-electron chi connectivity index (χ1n) is 11.2. The van der Waals surface area contributed by atoms with Gasteiger partial charge < -0.3 is 10.2 Å². The molecule has 0 atom stereocenters. The van der Waals surface area contributed by atoms with Crippen molar-refractivity contribution in [3.05, 3.63) is 66.0 Å². The lowest BCUT2D eigenvalue weighted by atomic mass is 9.96. The fourth-order valence-electron chi connectivity index (χ4n) is 3.78. The lowest BCUT2D eigenvalue weighted by molar-refractivity contribution is -0.123. The van der Waals surface area contributed by atoms with E-state index in [9.17, 15) is 17.8 Å². The molecule has 1 amide bonds. The highest BCUT2D eigenvalue weighted by atomic mass is 32.2. The van der Waals surface area contributed by atoms with Crippen LogP contribution in [0.4, 0.5) is 22.2 Å². The van der Waals surface area contributed by atoms with Gasteiger partial charge in [0.05, 0.1) is 17.1 Å². The molecule has 0 spiro atoms. The van der Waals surface area contributed by atoms with Crippen LogP contribution in [0.2, 0.25) is 0 Å². The van der Waals surface area contributed by atoms with Crippen LogP contribution in [-0.2, 0) is 15.1 Å². The molecule has 4 aromatic rings. The van der Waals surface area contributed by atoms with Gasteiger partial charge in [0.25, 0.3) is 0 Å². The van der Waals surface area contributed by atoms with E-state index in [1.165, 1.54) is 11.3 Å². The van der Waals surface area contributed by atoms with Crippen molar-refractivity contribution in [2.24, 2.45) is 5.41 Å². The predicted molar refractivity (Wildman–Crippen MR) is 148 cm³/mol. The maximum Gasteiger partial charge on any atom is 0.364 e. The first kappa shape index (κ1) is 25.6. The highest BCUT2D eigenvalue weighted by Crippen LogP contribution is 2.39. The Morgan fingerprint density at radius 1 is 0.972 bits per heavy atom. The molecule has 0 aliphatic rings. The fourth-order valence-corrected chi connectivity index (χ4v) is 5.28. The number of aromatic nitrogens is 1. The Morgan fingerprint density at radius 2 is 1.58 bits per heavy atom. The molecule has 4 rings (SSSR count). The van der Waals surface area contributed by atoms with Crippen molar-refractivity contribution in [2.45, 2.75) is 20.8 Å². The van der Waals surface area contributed by atoms with E-state index < -0.39 is 15.7 Å². The highest BCUT2D eigenvalue weighted by Gasteiger charge is 2.25. The van der Waals surface area contributed by atoms with Gasteiger partial charge in [0, 0.05) is 46.9 Å². The number of carbonyl (C=O) groups excluding carboxylic acids is 1. The smallest absolute Gasteiger partial charge is 0.364 e. The van der Waals surface area contributed by atoms with Gasteiger partial charge in [0.1, 0.15) is 0 Å². The summed E-state index contributed by atoms with van der Waals surface area (Å²) in [6.07, 6.45) is 0. The first-order chi connectivity index (χ1) is 16.9. The summed E-state index contributed by atoms with van der Waals surface area (Å²) in [4.78, 5) is 18.8. The van der Waals surface area contributed by atoms with Crippen LogP contribution in [0.15, 0.2) is 66.0 Å². The average Bonchev–Trinajstić information content (AvgIpc) is 3.26. The standard InChI is InChI=1S/C26H28N4O4S2/c1-26(2,3)24(31)28-25-27-21(16-35-25)17-9-6-10-18(15-17)30(36(32,33)34)23-14-8-11-19-20(23)12-7-13-22(19)29(4)5/h6-16H,1-5H3,(H,27,28,31)(H,32,33,34). The van der Waals surface area contributed by atoms with Crippen molar-refractivity contribution in [1.29, 1.82) is 0 Å². The minimum atomic E-state index is -4.68. The lowest BCUT2D eigenvalue weighted by Crippen LogP contribution is -2.27. The molecule has 1 aromatic heterocycles. The Hall–Kier alpha value is -3.47. The molecular formula is C26H28N4O4S2. The summed E-state index contributed by atoms with van der Waals surface area (Å²) in [5, 5.41) is 6.58. The van der Waals surface area contributed by atoms with E-state index in [0.29, 0.717) is 27.5 Å². The Balaban J connectivity index is 1.79. The molecule has 0 radical (unpaired) electrons. The molecule has 2 N–H and O–H groups in total. The number of fused-ring (bicyclic) bond motifs is 1. The Labute approximate surface area is 215 Å². The van der Waals surface area contributed by atoms with Crippen molar-refractivity contribution in [1.82, 2.24) is 4.98 Å². The van der Waals surface area contributed by atoms with Gasteiger partial charge in [0.15, 0.2) is 5.13 Å². The third-order valence-corrected chi connectivity index (χ3v) is 7.22. The molecule has 0 aliphatic heterocycles. The van der Waals surface area contributed by atoms with E-state index in [4.69, 9.17) is 0 Å². The van der Waals surface area contributed by atoms with Gasteiger partial charge in [-0.15, -0.1) is 11.3 Å². The van der Waals surface area contributed by atoms with Gasteiger partial charge in [0.2, 0.25) is 5.91 Å². The van der Waals surface area contributed by atoms with E-state index in [2.05, 4.69) is 10.3 Å². The van der Waals surface area contributed by atoms with Crippen LogP contribution in [0.5, 0.6) is 0 Å². The van der Waals surface area contributed by atoms with Gasteiger partial charge in [-0.3, -0.25) is 9.35 Å². The van der Waals surface area contributed by atoms with Crippen molar-refractivity contribution in [2.75, 3.05) is 28.6 Å². The Kier molecular flexibility index (Phi) is 6.78. The molecule has 0 fully saturated rings. The van der Waals surface area contributed by atoms with Crippen LogP contribution < -0.4 is 14.5 Å². The average molecular weight is 525 g/mol. The number of hydrogen-bond donors (Lipinski definition) is 2. The molecule has 1 heterocycles. The van der Waals surface area contributed by atoms with Gasteiger partial charge in [-0.2, -0.15) is 8.42 Å². The molecule has 188 valence electrons. The molecule has 0 saturated heterocycles. The maximum atomic E-state index is 12.7. The van der Waals surface area contributed by atoms with Crippen molar-refractivity contribution in [3.63, 3.8) is 0 Å². The SMILES string of the molecule is CN(C)c1cccc2c(N(c3cccc(-c4csc(NC(=O)C(C)(C)C)n4)c3)S(=O)(=O)O)cccc12. The van der Waals surface area contributed by atoms with E-state index in [0.717, 1.165) is 15.4 Å². The van der Waals surface area contributed by atoms with Gasteiger partial charge in [-0.1, -0.05) is 57.2 Å². The van der Waals surface area contributed by atoms with Crippen LogP contribution in [0.25, 0.3) is 22.0 Å². The highest BCUT2D eigenvalue weighted by molar-refractivity contribution is 7.87. The summed E-state index contributed by atoms with van der Waals surface area (Å²) in [6.45, 7) is 5.46. The second kappa shape index (κ2) is 9.53. The van der Waals surface area contributed by atoms with Gasteiger partial charge in [-0.05, 0) is 24.3 Å². The van der Waals surface area contributed by atoms with Crippen LogP contribution in [0.1, 0.15) is 20.8 Å². The summed E-state index contributed by atoms with van der Waals surface area (Å²) in [5.41, 5.74) is 2.16. The van der Waals surface area contributed by atoms with E-state index in [1.807, 2.05) is 64.0 Å². The predicted octanol–water partition coefficient (Wildman–Crippen LogP) is 5.95. The number of hydrogen-bond acceptors (Lipinski definition) is 6. The van der Waals surface area contributed by atoms with E-state index in [1.54, 1.807) is 41.8 Å². The van der Waals surface area contributed by atoms with Crippen LogP contribution >= 0.6 is 11.3 Å². The minimum Gasteiger partial charge on any atom is -0.377 e.